The Morgan fingerprint density at radius 1 is 1.19 bits per heavy atom. The van der Waals surface area contributed by atoms with Crippen molar-refractivity contribution in [2.75, 3.05) is 26.2 Å². The van der Waals surface area contributed by atoms with Crippen LogP contribution in [-0.2, 0) is 4.74 Å². The number of rotatable bonds is 5. The Morgan fingerprint density at radius 2 is 1.97 bits per heavy atom. The van der Waals surface area contributed by atoms with Crippen LogP contribution in [0.1, 0.15) is 78.6 Å². The topological polar surface area (TPSA) is 52.9 Å². The molecule has 2 N–H and O–H groups in total. The smallest absolute Gasteiger partial charge is 0.0674 e. The minimum absolute atomic E-state index is 0.379. The van der Waals surface area contributed by atoms with Gasteiger partial charge in [-0.3, -0.25) is 4.90 Å². The number of morpholine rings is 1. The van der Waals surface area contributed by atoms with Crippen molar-refractivity contribution in [1.82, 2.24) is 4.90 Å². The second-order valence-electron chi connectivity index (χ2n) is 11.4. The normalized spacial score (nSPS) is 41.9. The summed E-state index contributed by atoms with van der Waals surface area (Å²) in [5.74, 6) is 2.31. The molecule has 1 unspecified atom stereocenters. The van der Waals surface area contributed by atoms with E-state index in [0.29, 0.717) is 23.9 Å². The molecule has 3 aliphatic carbocycles. The van der Waals surface area contributed by atoms with Gasteiger partial charge in [0.1, 0.15) is 0 Å². The minimum atomic E-state index is -0.379. The van der Waals surface area contributed by atoms with Gasteiger partial charge in [-0.1, -0.05) is 37.1 Å². The number of nitrogens with zero attached hydrogens (tertiary/aromatic N) is 1. The SMILES string of the molecule is CC(CCN1CCO[C@@H](C)C1)[C@H]1CC[C@H]2/C(=C/C=C3C[C@@H](O)C[C@H](O)C3)CCC[C@]12C. The molecule has 1 aliphatic heterocycles. The average molecular weight is 432 g/mol. The van der Waals surface area contributed by atoms with Gasteiger partial charge in [-0.05, 0) is 94.4 Å². The summed E-state index contributed by atoms with van der Waals surface area (Å²) < 4.78 is 5.71. The van der Waals surface area contributed by atoms with Gasteiger partial charge in [-0.15, -0.1) is 0 Å². The molecule has 31 heavy (non-hydrogen) atoms. The molecular formula is C27H45NO3. The Kier molecular flexibility index (Phi) is 7.63. The maximum absolute atomic E-state index is 10.0. The van der Waals surface area contributed by atoms with E-state index in [2.05, 4.69) is 37.8 Å². The fourth-order valence-electron chi connectivity index (χ4n) is 7.43. The molecule has 4 rings (SSSR count). The number of hydrogen-bond donors (Lipinski definition) is 2. The monoisotopic (exact) mass is 431 g/mol. The second kappa shape index (κ2) is 10.1. The Morgan fingerprint density at radius 3 is 2.71 bits per heavy atom. The molecule has 0 aromatic rings. The standard InChI is InChI=1S/C27H45NO3/c1-19(10-12-28-13-14-31-20(2)18-28)25-8-9-26-22(5-4-11-27(25,26)3)7-6-21-15-23(29)17-24(30)16-21/h6-7,19-20,23-26,29-30H,4-5,8-18H2,1-3H3/b22-7+/t19?,20-,23+,24+,25+,26-,27+/m0/s1. The number of aliphatic hydroxyl groups excluding tert-OH is 2. The van der Waals surface area contributed by atoms with E-state index in [1.807, 2.05) is 0 Å². The molecule has 4 aliphatic rings. The summed E-state index contributed by atoms with van der Waals surface area (Å²) in [6, 6.07) is 0. The zero-order chi connectivity index (χ0) is 22.0. The highest BCUT2D eigenvalue weighted by molar-refractivity contribution is 5.26. The lowest BCUT2D eigenvalue weighted by Gasteiger charge is -2.44. The lowest BCUT2D eigenvalue weighted by molar-refractivity contribution is -0.0216. The second-order valence-corrected chi connectivity index (χ2v) is 11.4. The summed E-state index contributed by atoms with van der Waals surface area (Å²) >= 11 is 0. The van der Waals surface area contributed by atoms with Crippen LogP contribution < -0.4 is 0 Å². The summed E-state index contributed by atoms with van der Waals surface area (Å²) in [6.07, 6.45) is 14.1. The van der Waals surface area contributed by atoms with Crippen LogP contribution >= 0.6 is 0 Å². The van der Waals surface area contributed by atoms with Crippen molar-refractivity contribution in [2.24, 2.45) is 23.2 Å². The summed E-state index contributed by atoms with van der Waals surface area (Å²) in [7, 11) is 0. The van der Waals surface area contributed by atoms with Gasteiger partial charge in [0, 0.05) is 13.1 Å². The Labute approximate surface area is 189 Å². The first kappa shape index (κ1) is 23.5. The summed E-state index contributed by atoms with van der Waals surface area (Å²) in [6.45, 7) is 11.6. The largest absolute Gasteiger partial charge is 0.393 e. The molecule has 4 fully saturated rings. The molecule has 0 spiro atoms. The van der Waals surface area contributed by atoms with Crippen molar-refractivity contribution in [1.29, 1.82) is 0 Å². The molecule has 0 radical (unpaired) electrons. The molecule has 1 saturated heterocycles. The van der Waals surface area contributed by atoms with Crippen molar-refractivity contribution < 1.29 is 14.9 Å². The van der Waals surface area contributed by atoms with Crippen molar-refractivity contribution >= 4 is 0 Å². The molecule has 7 atom stereocenters. The van der Waals surface area contributed by atoms with E-state index < -0.39 is 0 Å². The third-order valence-corrected chi connectivity index (χ3v) is 9.02. The molecule has 4 heteroatoms. The molecule has 0 amide bonds. The van der Waals surface area contributed by atoms with E-state index >= 15 is 0 Å². The first-order valence-electron chi connectivity index (χ1n) is 12.9. The highest BCUT2D eigenvalue weighted by Gasteiger charge is 2.50. The lowest BCUT2D eigenvalue weighted by Crippen LogP contribution is -2.42. The summed E-state index contributed by atoms with van der Waals surface area (Å²) in [5, 5.41) is 20.0. The molecule has 3 saturated carbocycles. The first-order valence-corrected chi connectivity index (χ1v) is 12.9. The van der Waals surface area contributed by atoms with Crippen LogP contribution in [0.3, 0.4) is 0 Å². The van der Waals surface area contributed by atoms with E-state index in [4.69, 9.17) is 4.74 Å². The van der Waals surface area contributed by atoms with E-state index in [0.717, 1.165) is 44.4 Å². The maximum atomic E-state index is 10.0. The Bertz CT molecular complexity index is 661. The maximum Gasteiger partial charge on any atom is 0.0674 e. The lowest BCUT2D eigenvalue weighted by atomic mass is 9.61. The van der Waals surface area contributed by atoms with Crippen LogP contribution in [-0.4, -0.2) is 59.7 Å². The fraction of sp³-hybridized carbons (Fsp3) is 0.852. The highest BCUT2D eigenvalue weighted by atomic mass is 16.5. The third kappa shape index (κ3) is 5.46. The molecule has 176 valence electrons. The number of aliphatic hydroxyl groups is 2. The van der Waals surface area contributed by atoms with Crippen LogP contribution in [0.5, 0.6) is 0 Å². The van der Waals surface area contributed by atoms with Crippen LogP contribution in [0.4, 0.5) is 0 Å². The molecule has 0 aromatic carbocycles. The highest BCUT2D eigenvalue weighted by Crippen LogP contribution is 2.59. The number of allylic oxidation sites excluding steroid dienone is 3. The first-order chi connectivity index (χ1) is 14.8. The van der Waals surface area contributed by atoms with Crippen molar-refractivity contribution in [2.45, 2.75) is 96.9 Å². The van der Waals surface area contributed by atoms with Gasteiger partial charge >= 0.3 is 0 Å². The fourth-order valence-corrected chi connectivity index (χ4v) is 7.43. The van der Waals surface area contributed by atoms with Crippen molar-refractivity contribution in [3.8, 4) is 0 Å². The van der Waals surface area contributed by atoms with Gasteiger partial charge < -0.3 is 14.9 Å². The predicted molar refractivity (Wildman–Crippen MR) is 126 cm³/mol. The van der Waals surface area contributed by atoms with E-state index in [1.54, 1.807) is 5.57 Å². The zero-order valence-electron chi connectivity index (χ0n) is 20.1. The van der Waals surface area contributed by atoms with E-state index in [9.17, 15) is 10.2 Å². The molecule has 4 nitrogen and oxygen atoms in total. The van der Waals surface area contributed by atoms with Gasteiger partial charge in [-0.25, -0.2) is 0 Å². The quantitative estimate of drug-likeness (QED) is 0.662. The third-order valence-electron chi connectivity index (χ3n) is 9.02. The van der Waals surface area contributed by atoms with Crippen molar-refractivity contribution in [3.05, 3.63) is 23.3 Å². The average Bonchev–Trinajstić information content (AvgIpc) is 3.07. The molecule has 1 heterocycles. The zero-order valence-corrected chi connectivity index (χ0v) is 20.1. The minimum Gasteiger partial charge on any atom is -0.393 e. The van der Waals surface area contributed by atoms with Gasteiger partial charge in [0.25, 0.3) is 0 Å². The van der Waals surface area contributed by atoms with Crippen LogP contribution in [0, 0.1) is 23.2 Å². The van der Waals surface area contributed by atoms with Crippen LogP contribution in [0.15, 0.2) is 23.3 Å². The van der Waals surface area contributed by atoms with Gasteiger partial charge in [-0.2, -0.15) is 0 Å². The summed E-state index contributed by atoms with van der Waals surface area (Å²) in [5.41, 5.74) is 3.28. The predicted octanol–water partition coefficient (Wildman–Crippen LogP) is 4.71. The molecule has 0 aromatic heterocycles. The molecular weight excluding hydrogens is 386 g/mol. The molecule has 0 bridgehead atoms. The van der Waals surface area contributed by atoms with Gasteiger partial charge in [0.15, 0.2) is 0 Å². The van der Waals surface area contributed by atoms with Crippen molar-refractivity contribution in [3.63, 3.8) is 0 Å². The number of ether oxygens (including phenoxy) is 1. The van der Waals surface area contributed by atoms with Crippen LogP contribution in [0.2, 0.25) is 0 Å². The number of fused-ring (bicyclic) bond motifs is 1. The Balaban J connectivity index is 1.39. The van der Waals surface area contributed by atoms with Crippen LogP contribution in [0.25, 0.3) is 0 Å². The number of hydrogen-bond acceptors (Lipinski definition) is 4. The van der Waals surface area contributed by atoms with E-state index in [-0.39, 0.29) is 12.2 Å². The Hall–Kier alpha value is -0.680. The summed E-state index contributed by atoms with van der Waals surface area (Å²) in [4.78, 5) is 2.60. The van der Waals surface area contributed by atoms with Gasteiger partial charge in [0.05, 0.1) is 24.9 Å². The van der Waals surface area contributed by atoms with Gasteiger partial charge in [0.2, 0.25) is 0 Å². The van der Waals surface area contributed by atoms with E-state index in [1.165, 1.54) is 50.6 Å².